The zero-order valence-electron chi connectivity index (χ0n) is 37.5. The Morgan fingerprint density at radius 3 is 2.02 bits per heavy atom. The van der Waals surface area contributed by atoms with Gasteiger partial charge in [-0.2, -0.15) is 0 Å². The SMILES string of the molecule is CC/C1=C(\C2C=C(c3cccc4c5ccccc5c5cc(-c6ccc7c(c6)-c6ccccc6C7(C)C)ccc5c34)C=CC2)[C@H](C)CC/C=C(c2ccccc2)/N=C(/c2ccccc2)C1. The quantitative estimate of drug-likeness (QED) is 0.117. The third kappa shape index (κ3) is 6.90. The zero-order valence-corrected chi connectivity index (χ0v) is 37.5. The summed E-state index contributed by atoms with van der Waals surface area (Å²) in [5.74, 6) is 0.740. The van der Waals surface area contributed by atoms with Crippen molar-refractivity contribution in [3.05, 3.63) is 227 Å². The molecule has 0 bridgehead atoms. The highest BCUT2D eigenvalue weighted by atomic mass is 14.8. The highest BCUT2D eigenvalue weighted by Gasteiger charge is 2.35. The van der Waals surface area contributed by atoms with Gasteiger partial charge in [-0.15, -0.1) is 0 Å². The van der Waals surface area contributed by atoms with Crippen LogP contribution in [0, 0.1) is 11.8 Å². The lowest BCUT2D eigenvalue weighted by atomic mass is 9.76. The first kappa shape index (κ1) is 40.0. The molecule has 1 nitrogen and oxygen atoms in total. The summed E-state index contributed by atoms with van der Waals surface area (Å²) >= 11 is 0. The molecule has 11 rings (SSSR count). The van der Waals surface area contributed by atoms with Gasteiger partial charge in [-0.1, -0.05) is 215 Å². The van der Waals surface area contributed by atoms with Crippen LogP contribution in [0.25, 0.3) is 65.8 Å². The van der Waals surface area contributed by atoms with Crippen molar-refractivity contribution < 1.29 is 0 Å². The Morgan fingerprint density at radius 2 is 1.22 bits per heavy atom. The summed E-state index contributed by atoms with van der Waals surface area (Å²) in [6.45, 7) is 9.55. The second kappa shape index (κ2) is 16.4. The Bertz CT molecular complexity index is 3280. The fourth-order valence-electron chi connectivity index (χ4n) is 11.5. The van der Waals surface area contributed by atoms with Crippen LogP contribution in [-0.4, -0.2) is 5.71 Å². The maximum atomic E-state index is 5.50. The Labute approximate surface area is 378 Å². The molecule has 1 aliphatic heterocycles. The van der Waals surface area contributed by atoms with Crippen LogP contribution in [0.2, 0.25) is 0 Å². The fraction of sp³-hybridized carbons (Fsp3) is 0.190. The lowest BCUT2D eigenvalue weighted by molar-refractivity contribution is 0.541. The Hall–Kier alpha value is -6.83. The standard InChI is InChI=1S/C63H55N/c1-5-42-40-60(44-22-10-7-11-23-44)64-59(43-20-8-6-9-21-43)32-16-19-41(2)61(42)48-25-17-24-47(37-48)49-29-18-30-53-50-26-12-13-27-51(50)55-38-45(33-35-54(55)62(49)53)46-34-36-58-56(39-46)52-28-14-15-31-57(52)63(58,3)4/h6-15,17-18,20-24,26-39,41,48H,5,16,19,25,40H2,1-4H3/b59-32+,61-42+,64-60+/t41-,48?/m1/s1. The summed E-state index contributed by atoms with van der Waals surface area (Å²) < 4.78 is 0. The van der Waals surface area contributed by atoms with Gasteiger partial charge in [0.05, 0.1) is 11.4 Å². The third-order valence-corrected chi connectivity index (χ3v) is 14.7. The average molecular weight is 826 g/mol. The van der Waals surface area contributed by atoms with E-state index >= 15 is 0 Å². The molecule has 1 heteroatoms. The minimum atomic E-state index is -0.00915. The van der Waals surface area contributed by atoms with Crippen LogP contribution in [0.4, 0.5) is 0 Å². The average Bonchev–Trinajstić information content (AvgIpc) is 3.58. The first-order valence-corrected chi connectivity index (χ1v) is 23.5. The molecule has 0 radical (unpaired) electrons. The molecule has 0 saturated carbocycles. The van der Waals surface area contributed by atoms with E-state index in [0.717, 1.165) is 43.5 Å². The van der Waals surface area contributed by atoms with Crippen LogP contribution in [0.15, 0.2) is 204 Å². The second-order valence-corrected chi connectivity index (χ2v) is 18.8. The summed E-state index contributed by atoms with van der Waals surface area (Å²) in [5.41, 5.74) is 18.4. The predicted molar refractivity (Wildman–Crippen MR) is 275 cm³/mol. The Balaban J connectivity index is 1.03. The third-order valence-electron chi connectivity index (χ3n) is 14.7. The van der Waals surface area contributed by atoms with Crippen LogP contribution in [0.5, 0.6) is 0 Å². The number of hydrogen-bond donors (Lipinski definition) is 0. The minimum absolute atomic E-state index is 0.00915. The fourth-order valence-corrected chi connectivity index (χ4v) is 11.5. The summed E-state index contributed by atoms with van der Waals surface area (Å²) in [6, 6.07) is 60.9. The normalized spacial score (nSPS) is 21.2. The van der Waals surface area contributed by atoms with Crippen molar-refractivity contribution in [1.29, 1.82) is 0 Å². The molecule has 0 spiro atoms. The van der Waals surface area contributed by atoms with E-state index < -0.39 is 0 Å². The van der Waals surface area contributed by atoms with E-state index in [0.29, 0.717) is 11.8 Å². The molecule has 8 aromatic carbocycles. The van der Waals surface area contributed by atoms with Gasteiger partial charge in [0.1, 0.15) is 0 Å². The number of benzene rings is 8. The Kier molecular flexibility index (Phi) is 10.2. The molecule has 1 unspecified atom stereocenters. The van der Waals surface area contributed by atoms with E-state index in [1.807, 2.05) is 0 Å². The van der Waals surface area contributed by atoms with Gasteiger partial charge < -0.3 is 0 Å². The summed E-state index contributed by atoms with van der Waals surface area (Å²) in [6.07, 6.45) is 14.8. The highest BCUT2D eigenvalue weighted by Crippen LogP contribution is 2.50. The first-order chi connectivity index (χ1) is 31.4. The lowest BCUT2D eigenvalue weighted by Crippen LogP contribution is -2.17. The van der Waals surface area contributed by atoms with Crippen LogP contribution in [-0.2, 0) is 5.41 Å². The number of rotatable bonds is 6. The molecule has 312 valence electrons. The highest BCUT2D eigenvalue weighted by molar-refractivity contribution is 6.28. The van der Waals surface area contributed by atoms with E-state index in [-0.39, 0.29) is 5.41 Å². The molecular formula is C63H55N. The van der Waals surface area contributed by atoms with Gasteiger partial charge in [-0.05, 0) is 132 Å². The zero-order chi connectivity index (χ0) is 43.4. The molecule has 1 heterocycles. The molecule has 64 heavy (non-hydrogen) atoms. The monoisotopic (exact) mass is 825 g/mol. The van der Waals surface area contributed by atoms with Crippen molar-refractivity contribution in [2.45, 2.75) is 65.2 Å². The maximum absolute atomic E-state index is 5.50. The van der Waals surface area contributed by atoms with Crippen LogP contribution in [0.3, 0.4) is 0 Å². The van der Waals surface area contributed by atoms with E-state index in [1.54, 1.807) is 5.57 Å². The van der Waals surface area contributed by atoms with Crippen molar-refractivity contribution in [1.82, 2.24) is 0 Å². The summed E-state index contributed by atoms with van der Waals surface area (Å²) in [7, 11) is 0. The second-order valence-electron chi connectivity index (χ2n) is 18.8. The van der Waals surface area contributed by atoms with Crippen LogP contribution >= 0.6 is 0 Å². The molecular weight excluding hydrogens is 771 g/mol. The van der Waals surface area contributed by atoms with E-state index in [9.17, 15) is 0 Å². The number of aliphatic imine (C=N–C) groups is 1. The molecule has 8 aromatic rings. The molecule has 0 saturated heterocycles. The maximum Gasteiger partial charge on any atom is 0.0665 e. The number of nitrogens with zero attached hydrogens (tertiary/aromatic N) is 1. The van der Waals surface area contributed by atoms with E-state index in [4.69, 9.17) is 4.99 Å². The van der Waals surface area contributed by atoms with Gasteiger partial charge in [-0.3, -0.25) is 4.99 Å². The van der Waals surface area contributed by atoms with Crippen LogP contribution in [0.1, 0.15) is 87.6 Å². The minimum Gasteiger partial charge on any atom is -0.252 e. The van der Waals surface area contributed by atoms with Gasteiger partial charge in [0.25, 0.3) is 0 Å². The van der Waals surface area contributed by atoms with Crippen molar-refractivity contribution >= 4 is 49.3 Å². The largest absolute Gasteiger partial charge is 0.252 e. The van der Waals surface area contributed by atoms with Crippen LogP contribution < -0.4 is 0 Å². The molecule has 0 aromatic heterocycles. The van der Waals surface area contributed by atoms with Gasteiger partial charge in [0.2, 0.25) is 0 Å². The summed E-state index contributed by atoms with van der Waals surface area (Å²) in [5, 5.41) is 7.87. The predicted octanol–water partition coefficient (Wildman–Crippen LogP) is 17.1. The van der Waals surface area contributed by atoms with Gasteiger partial charge >= 0.3 is 0 Å². The number of allylic oxidation sites excluding steroid dienone is 7. The van der Waals surface area contributed by atoms with Gasteiger partial charge in [0.15, 0.2) is 0 Å². The van der Waals surface area contributed by atoms with E-state index in [2.05, 4.69) is 216 Å². The lowest BCUT2D eigenvalue weighted by Gasteiger charge is -2.30. The molecule has 2 atom stereocenters. The van der Waals surface area contributed by atoms with Crippen molar-refractivity contribution in [3.63, 3.8) is 0 Å². The topological polar surface area (TPSA) is 12.4 Å². The molecule has 3 aliphatic rings. The van der Waals surface area contributed by atoms with Crippen molar-refractivity contribution in [2.75, 3.05) is 0 Å². The number of fused-ring (bicyclic) bond motifs is 9. The van der Waals surface area contributed by atoms with Gasteiger partial charge in [0, 0.05) is 17.8 Å². The first-order valence-electron chi connectivity index (χ1n) is 23.5. The van der Waals surface area contributed by atoms with Gasteiger partial charge in [-0.25, -0.2) is 0 Å². The van der Waals surface area contributed by atoms with E-state index in [1.165, 1.54) is 93.5 Å². The smallest absolute Gasteiger partial charge is 0.0665 e. The molecule has 2 aliphatic carbocycles. The molecule has 0 amide bonds. The van der Waals surface area contributed by atoms with Crippen molar-refractivity contribution in [2.24, 2.45) is 16.8 Å². The molecule has 0 N–H and O–H groups in total. The Morgan fingerprint density at radius 1 is 0.578 bits per heavy atom. The summed E-state index contributed by atoms with van der Waals surface area (Å²) in [4.78, 5) is 5.50. The number of hydrogen-bond acceptors (Lipinski definition) is 1. The van der Waals surface area contributed by atoms with Crippen molar-refractivity contribution in [3.8, 4) is 22.3 Å². The molecule has 0 fully saturated rings.